The van der Waals surface area contributed by atoms with Crippen LogP contribution in [-0.4, -0.2) is 69.6 Å². The first-order valence-corrected chi connectivity index (χ1v) is 11.6. The van der Waals surface area contributed by atoms with Crippen molar-refractivity contribution >= 4 is 17.4 Å². The van der Waals surface area contributed by atoms with Gasteiger partial charge in [0.1, 0.15) is 17.2 Å². The molecule has 5 heterocycles. The van der Waals surface area contributed by atoms with Crippen LogP contribution in [0.2, 0.25) is 0 Å². The van der Waals surface area contributed by atoms with Crippen LogP contribution in [0.1, 0.15) is 35.7 Å². The normalized spacial score (nSPS) is 22.2. The lowest BCUT2D eigenvalue weighted by Crippen LogP contribution is -2.51. The minimum Gasteiger partial charge on any atom is -0.379 e. The van der Waals surface area contributed by atoms with Crippen LogP contribution in [0, 0.1) is 0 Å². The Kier molecular flexibility index (Phi) is 5.19. The molecule has 0 bridgehead atoms. The molecule has 3 atom stereocenters. The monoisotopic (exact) mass is 461 g/mol. The van der Waals surface area contributed by atoms with Crippen LogP contribution >= 0.6 is 0 Å². The van der Waals surface area contributed by atoms with E-state index in [-0.39, 0.29) is 24.1 Å². The number of rotatable bonds is 6. The molecule has 3 aliphatic heterocycles. The minimum atomic E-state index is -0.196. The standard InChI is InChI=1S/C24H27N7O3/c1-25-21-10-19(16-11-26-22-15(16)4-3-8-30(22)14-7-9-34-13-14)28-23-17(12-27-31(21)23)24(32)29-18-5-6-20(18)33-2/h3-4,8,10-12,14,18,20,25H,5-7,9,13H2,1-2H3,(H,29,32)/t14-,18-,20-/m0/s1. The van der Waals surface area contributed by atoms with Gasteiger partial charge in [-0.1, -0.05) is 0 Å². The van der Waals surface area contributed by atoms with E-state index in [4.69, 9.17) is 19.4 Å². The Bertz CT molecular complexity index is 1320. The van der Waals surface area contributed by atoms with E-state index in [2.05, 4.69) is 32.6 Å². The fourth-order valence-corrected chi connectivity index (χ4v) is 4.90. The van der Waals surface area contributed by atoms with Crippen LogP contribution in [0.4, 0.5) is 5.82 Å². The summed E-state index contributed by atoms with van der Waals surface area (Å²) in [5, 5.41) is 10.7. The topological polar surface area (TPSA) is 108 Å². The zero-order valence-corrected chi connectivity index (χ0v) is 19.2. The highest BCUT2D eigenvalue weighted by molar-refractivity contribution is 6.00. The van der Waals surface area contributed by atoms with Gasteiger partial charge in [-0.15, -0.1) is 0 Å². The van der Waals surface area contributed by atoms with Gasteiger partial charge >= 0.3 is 0 Å². The molecule has 4 aliphatic rings. The number of pyridine rings is 1. The highest BCUT2D eigenvalue weighted by atomic mass is 16.5. The summed E-state index contributed by atoms with van der Waals surface area (Å²) in [7, 11) is 3.50. The lowest BCUT2D eigenvalue weighted by atomic mass is 9.89. The Morgan fingerprint density at radius 2 is 2.15 bits per heavy atom. The van der Waals surface area contributed by atoms with E-state index in [0.29, 0.717) is 17.8 Å². The molecular formula is C24H27N7O3. The summed E-state index contributed by atoms with van der Waals surface area (Å²) in [4.78, 5) is 22.7. The van der Waals surface area contributed by atoms with Crippen molar-refractivity contribution in [3.8, 4) is 22.6 Å². The third-order valence-electron chi connectivity index (χ3n) is 6.98. The number of nitrogens with one attached hydrogen (secondary N) is 2. The maximum atomic E-state index is 13.1. The van der Waals surface area contributed by atoms with Crippen LogP contribution < -0.4 is 10.6 Å². The van der Waals surface area contributed by atoms with Crippen molar-refractivity contribution in [1.82, 2.24) is 29.5 Å². The maximum Gasteiger partial charge on any atom is 0.257 e. The summed E-state index contributed by atoms with van der Waals surface area (Å²) in [6, 6.07) is 6.31. The van der Waals surface area contributed by atoms with E-state index >= 15 is 0 Å². The SMILES string of the molecule is CNc1cc(-c2cnc3n([C@H]4CCOC4)cccc2-3)nc2c(C(=O)N[C@H]3CC[C@@H]3OC)cnn12. The molecule has 1 saturated heterocycles. The highest BCUT2D eigenvalue weighted by Gasteiger charge is 2.33. The molecule has 2 aromatic heterocycles. The Hall–Kier alpha value is -3.50. The van der Waals surface area contributed by atoms with Gasteiger partial charge in [0, 0.05) is 50.4 Å². The fraction of sp³-hybridized carbons (Fsp3) is 0.417. The van der Waals surface area contributed by atoms with E-state index < -0.39 is 0 Å². The molecule has 1 amide bonds. The van der Waals surface area contributed by atoms with Gasteiger partial charge in [-0.05, 0) is 31.4 Å². The summed E-state index contributed by atoms with van der Waals surface area (Å²) < 4.78 is 14.8. The van der Waals surface area contributed by atoms with Gasteiger partial charge in [-0.3, -0.25) is 4.79 Å². The number of hydrogen-bond acceptors (Lipinski definition) is 7. The maximum absolute atomic E-state index is 13.1. The summed E-state index contributed by atoms with van der Waals surface area (Å²) >= 11 is 0. The molecule has 0 unspecified atom stereocenters. The third kappa shape index (κ3) is 3.33. The quantitative estimate of drug-likeness (QED) is 0.454. The van der Waals surface area contributed by atoms with Gasteiger partial charge in [-0.2, -0.15) is 9.61 Å². The zero-order valence-electron chi connectivity index (χ0n) is 19.2. The molecule has 10 nitrogen and oxygen atoms in total. The Morgan fingerprint density at radius 1 is 1.24 bits per heavy atom. The van der Waals surface area contributed by atoms with Crippen molar-refractivity contribution in [2.75, 3.05) is 32.7 Å². The molecule has 1 saturated carbocycles. The first kappa shape index (κ1) is 21.1. The van der Waals surface area contributed by atoms with E-state index in [9.17, 15) is 4.79 Å². The van der Waals surface area contributed by atoms with Crippen molar-refractivity contribution in [1.29, 1.82) is 0 Å². The van der Waals surface area contributed by atoms with E-state index in [1.165, 1.54) is 0 Å². The molecule has 2 aromatic rings. The molecule has 6 rings (SSSR count). The Balaban J connectivity index is 1.39. The Morgan fingerprint density at radius 3 is 2.88 bits per heavy atom. The number of ether oxygens (including phenoxy) is 2. The second kappa shape index (κ2) is 8.37. The Labute approximate surface area is 196 Å². The molecule has 34 heavy (non-hydrogen) atoms. The van der Waals surface area contributed by atoms with Gasteiger partial charge in [0.15, 0.2) is 5.65 Å². The van der Waals surface area contributed by atoms with Crippen LogP contribution in [0.3, 0.4) is 0 Å². The lowest BCUT2D eigenvalue weighted by Gasteiger charge is -2.35. The number of methoxy groups -OCH3 is 1. The van der Waals surface area contributed by atoms with Crippen LogP contribution in [0.5, 0.6) is 0 Å². The lowest BCUT2D eigenvalue weighted by molar-refractivity contribution is 0.00732. The number of hydrogen-bond donors (Lipinski definition) is 2. The van der Waals surface area contributed by atoms with Crippen molar-refractivity contribution < 1.29 is 14.3 Å². The number of aromatic nitrogens is 5. The number of nitrogens with zero attached hydrogens (tertiary/aromatic N) is 5. The third-order valence-corrected chi connectivity index (χ3v) is 6.98. The van der Waals surface area contributed by atoms with E-state index in [1.807, 2.05) is 25.4 Å². The van der Waals surface area contributed by atoms with Crippen LogP contribution in [0.15, 0.2) is 36.8 Å². The van der Waals surface area contributed by atoms with Crippen molar-refractivity contribution in [2.45, 2.75) is 37.5 Å². The van der Waals surface area contributed by atoms with Gasteiger partial charge in [0.2, 0.25) is 0 Å². The molecule has 0 spiro atoms. The van der Waals surface area contributed by atoms with Gasteiger partial charge < -0.3 is 24.7 Å². The second-order valence-corrected chi connectivity index (χ2v) is 8.84. The zero-order chi connectivity index (χ0) is 23.2. The predicted molar refractivity (Wildman–Crippen MR) is 126 cm³/mol. The minimum absolute atomic E-state index is 0.0117. The second-order valence-electron chi connectivity index (χ2n) is 8.84. The number of carbonyl (C=O) groups is 1. The number of amides is 1. The number of anilines is 1. The summed E-state index contributed by atoms with van der Waals surface area (Å²) in [6.45, 7) is 1.46. The van der Waals surface area contributed by atoms with Crippen molar-refractivity contribution in [2.24, 2.45) is 0 Å². The highest BCUT2D eigenvalue weighted by Crippen LogP contribution is 2.36. The molecule has 0 aromatic carbocycles. The van der Waals surface area contributed by atoms with E-state index in [1.54, 1.807) is 17.8 Å². The fourth-order valence-electron chi connectivity index (χ4n) is 4.90. The number of fused-ring (bicyclic) bond motifs is 2. The van der Waals surface area contributed by atoms with Gasteiger partial charge in [0.25, 0.3) is 5.91 Å². The molecule has 10 heteroatoms. The van der Waals surface area contributed by atoms with Crippen LogP contribution in [-0.2, 0) is 9.47 Å². The van der Waals surface area contributed by atoms with Gasteiger partial charge in [0.05, 0.1) is 36.7 Å². The summed E-state index contributed by atoms with van der Waals surface area (Å²) in [5.41, 5.74) is 3.58. The van der Waals surface area contributed by atoms with Crippen molar-refractivity contribution in [3.63, 3.8) is 0 Å². The first-order valence-electron chi connectivity index (χ1n) is 11.6. The average molecular weight is 462 g/mol. The smallest absolute Gasteiger partial charge is 0.257 e. The summed E-state index contributed by atoms with van der Waals surface area (Å²) in [6.07, 6.45) is 8.36. The van der Waals surface area contributed by atoms with Gasteiger partial charge in [-0.25, -0.2) is 9.97 Å². The molecule has 176 valence electrons. The molecule has 2 fully saturated rings. The largest absolute Gasteiger partial charge is 0.379 e. The van der Waals surface area contributed by atoms with E-state index in [0.717, 1.165) is 54.3 Å². The molecule has 0 radical (unpaired) electrons. The first-order chi connectivity index (χ1) is 16.7. The molecular weight excluding hydrogens is 434 g/mol. The number of carbonyl (C=O) groups excluding carboxylic acids is 1. The van der Waals surface area contributed by atoms with Crippen molar-refractivity contribution in [3.05, 3.63) is 42.4 Å². The average Bonchev–Trinajstić information content (AvgIpc) is 3.60. The molecule has 2 N–H and O–H groups in total. The molecule has 1 aliphatic carbocycles. The predicted octanol–water partition coefficient (Wildman–Crippen LogP) is 2.61. The van der Waals surface area contributed by atoms with Crippen LogP contribution in [0.25, 0.3) is 28.3 Å². The summed E-state index contributed by atoms with van der Waals surface area (Å²) in [5.74, 6) is 1.44.